The van der Waals surface area contributed by atoms with Crippen LogP contribution < -0.4 is 5.48 Å². The van der Waals surface area contributed by atoms with Gasteiger partial charge in [0.25, 0.3) is 5.91 Å². The van der Waals surface area contributed by atoms with E-state index in [1.54, 1.807) is 4.57 Å². The molecule has 0 saturated heterocycles. The fourth-order valence-electron chi connectivity index (χ4n) is 3.72. The van der Waals surface area contributed by atoms with Crippen LogP contribution in [0.2, 0.25) is 0 Å². The summed E-state index contributed by atoms with van der Waals surface area (Å²) < 4.78 is 30.2. The third-order valence-electron chi connectivity index (χ3n) is 5.03. The molecule has 2 N–H and O–H groups in total. The molecule has 0 bridgehead atoms. The van der Waals surface area contributed by atoms with Crippen LogP contribution in [0.1, 0.15) is 32.0 Å². The lowest BCUT2D eigenvalue weighted by molar-refractivity contribution is 0.0706. The molecule has 2 heterocycles. The molecule has 0 aliphatic carbocycles. The second kappa shape index (κ2) is 6.81. The van der Waals surface area contributed by atoms with Crippen molar-refractivity contribution >= 4 is 22.6 Å². The quantitative estimate of drug-likeness (QED) is 0.413. The average Bonchev–Trinajstić information content (AvgIpc) is 3.00. The highest BCUT2D eigenvalue weighted by atomic mass is 19.1. The Kier molecular flexibility index (Phi) is 4.44. The van der Waals surface area contributed by atoms with Gasteiger partial charge in [0.05, 0.1) is 17.7 Å². The van der Waals surface area contributed by atoms with Gasteiger partial charge in [-0.25, -0.2) is 14.3 Å². The lowest BCUT2D eigenvalue weighted by Crippen LogP contribution is -2.31. The molecule has 0 spiro atoms. The van der Waals surface area contributed by atoms with Gasteiger partial charge in [0, 0.05) is 41.2 Å². The minimum atomic E-state index is -0.745. The van der Waals surface area contributed by atoms with Gasteiger partial charge in [-0.1, -0.05) is 12.1 Å². The third-order valence-corrected chi connectivity index (χ3v) is 5.03. The Bertz CT molecular complexity index is 1110. The number of nitrogens with one attached hydrogen (secondary N) is 1. The Labute approximate surface area is 158 Å². The highest BCUT2D eigenvalue weighted by molar-refractivity contribution is 6.18. The molecule has 1 aromatic heterocycles. The molecule has 0 atom stereocenters. The molecule has 8 heteroatoms. The molecule has 1 amide bonds. The summed E-state index contributed by atoms with van der Waals surface area (Å²) in [5.74, 6) is -2.52. The second-order valence-corrected chi connectivity index (χ2v) is 6.85. The second-order valence-electron chi connectivity index (χ2n) is 6.85. The summed E-state index contributed by atoms with van der Waals surface area (Å²) in [7, 11) is 1.89. The number of ketones is 1. The zero-order valence-electron chi connectivity index (χ0n) is 15.0. The van der Waals surface area contributed by atoms with Crippen LogP contribution in [0.15, 0.2) is 36.4 Å². The molecule has 0 fully saturated rings. The fourth-order valence-corrected chi connectivity index (χ4v) is 3.72. The van der Waals surface area contributed by atoms with Crippen molar-refractivity contribution < 1.29 is 23.6 Å². The van der Waals surface area contributed by atoms with Crippen LogP contribution in [0.5, 0.6) is 0 Å². The lowest BCUT2D eigenvalue weighted by atomic mass is 9.97. The summed E-state index contributed by atoms with van der Waals surface area (Å²) in [5.41, 5.74) is 3.15. The maximum atomic E-state index is 14.6. The van der Waals surface area contributed by atoms with Crippen LogP contribution in [0.4, 0.5) is 8.78 Å². The predicted molar refractivity (Wildman–Crippen MR) is 97.3 cm³/mol. The molecular formula is C20H17F2N3O3. The van der Waals surface area contributed by atoms with E-state index in [-0.39, 0.29) is 33.4 Å². The molecule has 144 valence electrons. The number of rotatable bonds is 3. The average molecular weight is 385 g/mol. The van der Waals surface area contributed by atoms with Crippen molar-refractivity contribution in [2.24, 2.45) is 0 Å². The van der Waals surface area contributed by atoms with Gasteiger partial charge in [-0.2, -0.15) is 0 Å². The van der Waals surface area contributed by atoms with Crippen LogP contribution in [-0.4, -0.2) is 40.0 Å². The van der Waals surface area contributed by atoms with Crippen molar-refractivity contribution in [2.75, 3.05) is 13.6 Å². The number of benzene rings is 2. The summed E-state index contributed by atoms with van der Waals surface area (Å²) in [4.78, 5) is 26.7. The first kappa shape index (κ1) is 18.3. The first-order valence-corrected chi connectivity index (χ1v) is 8.68. The molecular weight excluding hydrogens is 368 g/mol. The van der Waals surface area contributed by atoms with E-state index in [4.69, 9.17) is 5.21 Å². The van der Waals surface area contributed by atoms with Gasteiger partial charge in [0.2, 0.25) is 0 Å². The van der Waals surface area contributed by atoms with Crippen molar-refractivity contribution in [2.45, 2.75) is 13.1 Å². The minimum Gasteiger partial charge on any atom is -0.328 e. The normalized spacial score (nSPS) is 14.1. The minimum absolute atomic E-state index is 0.182. The van der Waals surface area contributed by atoms with E-state index < -0.39 is 17.5 Å². The molecule has 2 aromatic carbocycles. The van der Waals surface area contributed by atoms with Gasteiger partial charge in [-0.15, -0.1) is 0 Å². The summed E-state index contributed by atoms with van der Waals surface area (Å²) in [6.07, 6.45) is 0.526. The molecule has 1 aliphatic heterocycles. The SMILES string of the molecule is CN1CCc2c(C(=O)c3ccc(C(=O)NO)cc3)c3cc(F)cc(F)c3n2C1. The van der Waals surface area contributed by atoms with Crippen molar-refractivity contribution in [3.8, 4) is 0 Å². The number of hydrogen-bond donors (Lipinski definition) is 2. The monoisotopic (exact) mass is 385 g/mol. The molecule has 0 saturated carbocycles. The number of likely N-dealkylation sites (N-methyl/N-ethyl adjacent to an activating group) is 1. The van der Waals surface area contributed by atoms with Crippen LogP contribution >= 0.6 is 0 Å². The van der Waals surface area contributed by atoms with Crippen molar-refractivity contribution in [1.29, 1.82) is 0 Å². The molecule has 6 nitrogen and oxygen atoms in total. The Morgan fingerprint density at radius 2 is 1.79 bits per heavy atom. The van der Waals surface area contributed by atoms with E-state index in [1.165, 1.54) is 35.8 Å². The smallest absolute Gasteiger partial charge is 0.274 e. The third kappa shape index (κ3) is 2.87. The molecule has 0 radical (unpaired) electrons. The van der Waals surface area contributed by atoms with Gasteiger partial charge in [0.15, 0.2) is 5.78 Å². The van der Waals surface area contributed by atoms with Crippen LogP contribution in [0.25, 0.3) is 10.9 Å². The van der Waals surface area contributed by atoms with Gasteiger partial charge in [0.1, 0.15) is 11.6 Å². The van der Waals surface area contributed by atoms with Gasteiger partial charge in [-0.05, 0) is 25.2 Å². The first-order valence-electron chi connectivity index (χ1n) is 8.68. The standard InChI is InChI=1S/C20H17F2N3O3/c1-24-7-6-16-17(14-8-13(21)9-15(22)18(14)25(16)10-24)19(26)11-2-4-12(5-3-11)20(27)23-28/h2-5,8-9,28H,6-7,10H2,1H3,(H,23,27). The molecule has 3 aromatic rings. The molecule has 1 aliphatic rings. The van der Waals surface area contributed by atoms with E-state index in [9.17, 15) is 18.4 Å². The zero-order chi connectivity index (χ0) is 20.0. The lowest BCUT2D eigenvalue weighted by Gasteiger charge is -2.26. The number of hydrogen-bond acceptors (Lipinski definition) is 4. The number of nitrogens with zero attached hydrogens (tertiary/aromatic N) is 2. The van der Waals surface area contributed by atoms with Gasteiger partial charge < -0.3 is 4.57 Å². The van der Waals surface area contributed by atoms with Crippen LogP contribution in [0.3, 0.4) is 0 Å². The Balaban J connectivity index is 1.88. The van der Waals surface area contributed by atoms with Gasteiger partial charge in [-0.3, -0.25) is 19.7 Å². The van der Waals surface area contributed by atoms with Crippen molar-refractivity contribution in [3.63, 3.8) is 0 Å². The summed E-state index contributed by atoms with van der Waals surface area (Å²) in [6.45, 7) is 1.09. The van der Waals surface area contributed by atoms with E-state index >= 15 is 0 Å². The Hall–Kier alpha value is -3.10. The highest BCUT2D eigenvalue weighted by Gasteiger charge is 2.28. The van der Waals surface area contributed by atoms with E-state index in [2.05, 4.69) is 0 Å². The number of carbonyl (C=O) groups is 2. The maximum Gasteiger partial charge on any atom is 0.274 e. The van der Waals surface area contributed by atoms with Gasteiger partial charge >= 0.3 is 0 Å². The molecule has 28 heavy (non-hydrogen) atoms. The summed E-state index contributed by atoms with van der Waals surface area (Å²) in [5, 5.41) is 8.94. The first-order chi connectivity index (χ1) is 13.4. The zero-order valence-corrected chi connectivity index (χ0v) is 15.0. The predicted octanol–water partition coefficient (Wildman–Crippen LogP) is 2.71. The van der Waals surface area contributed by atoms with E-state index in [1.807, 2.05) is 11.9 Å². The fraction of sp³-hybridized carbons (Fsp3) is 0.200. The van der Waals surface area contributed by atoms with Crippen LogP contribution in [0, 0.1) is 11.6 Å². The van der Waals surface area contributed by atoms with Crippen molar-refractivity contribution in [3.05, 3.63) is 70.4 Å². The maximum absolute atomic E-state index is 14.6. The topological polar surface area (TPSA) is 74.6 Å². The Morgan fingerprint density at radius 3 is 2.46 bits per heavy atom. The largest absolute Gasteiger partial charge is 0.328 e. The highest BCUT2D eigenvalue weighted by Crippen LogP contribution is 2.33. The Morgan fingerprint density at radius 1 is 1.11 bits per heavy atom. The number of carbonyl (C=O) groups excluding carboxylic acids is 2. The number of amides is 1. The number of aromatic nitrogens is 1. The van der Waals surface area contributed by atoms with E-state index in [0.29, 0.717) is 25.3 Å². The number of halogens is 2. The van der Waals surface area contributed by atoms with Crippen LogP contribution in [-0.2, 0) is 13.1 Å². The van der Waals surface area contributed by atoms with Crippen molar-refractivity contribution in [1.82, 2.24) is 14.9 Å². The number of fused-ring (bicyclic) bond motifs is 3. The molecule has 4 rings (SSSR count). The summed E-state index contributed by atoms with van der Waals surface area (Å²) >= 11 is 0. The summed E-state index contributed by atoms with van der Waals surface area (Å²) in [6, 6.07) is 7.71. The number of hydroxylamine groups is 1. The molecule has 0 unspecified atom stereocenters. The van der Waals surface area contributed by atoms with E-state index in [0.717, 1.165) is 6.07 Å².